The Morgan fingerprint density at radius 2 is 1.84 bits per heavy atom. The summed E-state index contributed by atoms with van der Waals surface area (Å²) in [6.45, 7) is 0.664. The Morgan fingerprint density at radius 1 is 1.16 bits per heavy atom. The standard InChI is InChI=1S/C20H24N2O2.ClH/c1-24-18-11-6-15(7-12-18)14-22(17-9-10-17)20(23)13-8-16-4-2-3-5-19(16)21;/h2-7,11-12,17H,8-10,13-14,21H2,1H3;1H. The minimum Gasteiger partial charge on any atom is -0.497 e. The van der Waals surface area contributed by atoms with Gasteiger partial charge in [-0.15, -0.1) is 12.4 Å². The van der Waals surface area contributed by atoms with Crippen molar-refractivity contribution in [2.75, 3.05) is 12.8 Å². The van der Waals surface area contributed by atoms with Crippen LogP contribution in [0.5, 0.6) is 5.75 Å². The number of nitrogens with zero attached hydrogens (tertiary/aromatic N) is 1. The second-order valence-electron chi connectivity index (χ2n) is 6.30. The first kappa shape index (κ1) is 19.1. The molecule has 1 aliphatic rings. The van der Waals surface area contributed by atoms with E-state index in [4.69, 9.17) is 10.5 Å². The smallest absolute Gasteiger partial charge is 0.223 e. The largest absolute Gasteiger partial charge is 0.497 e. The fraction of sp³-hybridized carbons (Fsp3) is 0.350. The third-order valence-electron chi connectivity index (χ3n) is 4.48. The number of hydrogen-bond donors (Lipinski definition) is 1. The maximum absolute atomic E-state index is 12.7. The van der Waals surface area contributed by atoms with Crippen LogP contribution >= 0.6 is 12.4 Å². The number of benzene rings is 2. The molecule has 1 aliphatic carbocycles. The van der Waals surface area contributed by atoms with Gasteiger partial charge in [0.05, 0.1) is 7.11 Å². The predicted molar refractivity (Wildman–Crippen MR) is 103 cm³/mol. The van der Waals surface area contributed by atoms with Crippen LogP contribution in [0.3, 0.4) is 0 Å². The molecule has 4 nitrogen and oxygen atoms in total. The highest BCUT2D eigenvalue weighted by Gasteiger charge is 2.32. The van der Waals surface area contributed by atoms with Crippen LogP contribution in [-0.4, -0.2) is 24.0 Å². The van der Waals surface area contributed by atoms with Crippen molar-refractivity contribution in [2.24, 2.45) is 0 Å². The number of aryl methyl sites for hydroxylation is 1. The van der Waals surface area contributed by atoms with Gasteiger partial charge in [0.1, 0.15) is 5.75 Å². The van der Waals surface area contributed by atoms with Gasteiger partial charge in [-0.1, -0.05) is 30.3 Å². The quantitative estimate of drug-likeness (QED) is 0.763. The van der Waals surface area contributed by atoms with Gasteiger partial charge in [0.2, 0.25) is 5.91 Å². The molecule has 2 N–H and O–H groups in total. The maximum atomic E-state index is 12.7. The molecule has 0 bridgehead atoms. The van der Waals surface area contributed by atoms with E-state index in [9.17, 15) is 4.79 Å². The summed E-state index contributed by atoms with van der Waals surface area (Å²) in [7, 11) is 1.66. The van der Waals surface area contributed by atoms with Crippen LogP contribution in [0.1, 0.15) is 30.4 Å². The number of para-hydroxylation sites is 1. The third-order valence-corrected chi connectivity index (χ3v) is 4.48. The molecule has 134 valence electrons. The predicted octanol–water partition coefficient (Wildman–Crippen LogP) is 3.82. The van der Waals surface area contributed by atoms with E-state index in [1.807, 2.05) is 53.4 Å². The van der Waals surface area contributed by atoms with Crippen molar-refractivity contribution in [2.45, 2.75) is 38.3 Å². The van der Waals surface area contributed by atoms with E-state index in [-0.39, 0.29) is 18.3 Å². The lowest BCUT2D eigenvalue weighted by Gasteiger charge is -2.23. The van der Waals surface area contributed by atoms with E-state index in [0.717, 1.165) is 35.4 Å². The van der Waals surface area contributed by atoms with Crippen LogP contribution < -0.4 is 10.5 Å². The maximum Gasteiger partial charge on any atom is 0.223 e. The van der Waals surface area contributed by atoms with Crippen LogP contribution in [-0.2, 0) is 17.8 Å². The summed E-state index contributed by atoms with van der Waals surface area (Å²) in [5.41, 5.74) is 8.91. The number of carbonyl (C=O) groups excluding carboxylic acids is 1. The van der Waals surface area contributed by atoms with Gasteiger partial charge in [-0.2, -0.15) is 0 Å². The van der Waals surface area contributed by atoms with Crippen molar-refractivity contribution in [3.05, 3.63) is 59.7 Å². The summed E-state index contributed by atoms with van der Waals surface area (Å²) in [4.78, 5) is 14.7. The number of halogens is 1. The summed E-state index contributed by atoms with van der Waals surface area (Å²) < 4.78 is 5.19. The molecule has 0 unspecified atom stereocenters. The molecule has 0 spiro atoms. The van der Waals surface area contributed by atoms with E-state index in [0.29, 0.717) is 25.4 Å². The highest BCUT2D eigenvalue weighted by atomic mass is 35.5. The molecule has 0 atom stereocenters. The Labute approximate surface area is 155 Å². The van der Waals surface area contributed by atoms with Crippen molar-refractivity contribution in [3.8, 4) is 5.75 Å². The zero-order valence-electron chi connectivity index (χ0n) is 14.5. The number of nitrogen functional groups attached to an aromatic ring is 1. The summed E-state index contributed by atoms with van der Waals surface area (Å²) in [5.74, 6) is 1.04. The lowest BCUT2D eigenvalue weighted by Crippen LogP contribution is -2.32. The number of carbonyl (C=O) groups is 1. The minimum atomic E-state index is 0. The van der Waals surface area contributed by atoms with Gasteiger partial charge < -0.3 is 15.4 Å². The Hall–Kier alpha value is -2.20. The first-order chi connectivity index (χ1) is 11.7. The second-order valence-corrected chi connectivity index (χ2v) is 6.30. The van der Waals surface area contributed by atoms with E-state index in [1.54, 1.807) is 7.11 Å². The number of anilines is 1. The third kappa shape index (κ3) is 5.13. The van der Waals surface area contributed by atoms with E-state index >= 15 is 0 Å². The van der Waals surface area contributed by atoms with Gasteiger partial charge in [-0.05, 0) is 48.6 Å². The minimum absolute atomic E-state index is 0. The average Bonchev–Trinajstić information content (AvgIpc) is 3.44. The fourth-order valence-electron chi connectivity index (χ4n) is 2.88. The van der Waals surface area contributed by atoms with Crippen LogP contribution in [0, 0.1) is 0 Å². The summed E-state index contributed by atoms with van der Waals surface area (Å²) in [5, 5.41) is 0. The van der Waals surface area contributed by atoms with Gasteiger partial charge in [0.15, 0.2) is 0 Å². The normalized spacial score (nSPS) is 13.0. The van der Waals surface area contributed by atoms with E-state index in [2.05, 4.69) is 0 Å². The molecule has 25 heavy (non-hydrogen) atoms. The zero-order valence-corrected chi connectivity index (χ0v) is 15.3. The van der Waals surface area contributed by atoms with Gasteiger partial charge in [-0.3, -0.25) is 4.79 Å². The van der Waals surface area contributed by atoms with Crippen LogP contribution in [0.25, 0.3) is 0 Å². The molecule has 0 heterocycles. The van der Waals surface area contributed by atoms with Crippen molar-refractivity contribution >= 4 is 24.0 Å². The molecule has 2 aromatic carbocycles. The Bertz CT molecular complexity index is 699. The number of rotatable bonds is 7. The first-order valence-electron chi connectivity index (χ1n) is 8.43. The molecule has 1 amide bonds. The Morgan fingerprint density at radius 3 is 2.44 bits per heavy atom. The SMILES string of the molecule is COc1ccc(CN(C(=O)CCc2ccccc2N)C2CC2)cc1.Cl. The lowest BCUT2D eigenvalue weighted by molar-refractivity contribution is -0.132. The molecule has 0 saturated heterocycles. The van der Waals surface area contributed by atoms with Crippen molar-refractivity contribution in [1.29, 1.82) is 0 Å². The van der Waals surface area contributed by atoms with E-state index < -0.39 is 0 Å². The summed E-state index contributed by atoms with van der Waals surface area (Å²) in [6, 6.07) is 16.1. The number of nitrogens with two attached hydrogens (primary N) is 1. The molecular formula is C20H25ClN2O2. The van der Waals surface area contributed by atoms with Crippen molar-refractivity contribution < 1.29 is 9.53 Å². The monoisotopic (exact) mass is 360 g/mol. The fourth-order valence-corrected chi connectivity index (χ4v) is 2.88. The van der Waals surface area contributed by atoms with Gasteiger partial charge in [0.25, 0.3) is 0 Å². The van der Waals surface area contributed by atoms with Crippen molar-refractivity contribution in [1.82, 2.24) is 4.90 Å². The molecular weight excluding hydrogens is 336 g/mol. The molecule has 3 rings (SSSR count). The first-order valence-corrected chi connectivity index (χ1v) is 8.43. The lowest BCUT2D eigenvalue weighted by atomic mass is 10.1. The van der Waals surface area contributed by atoms with Gasteiger partial charge in [-0.25, -0.2) is 0 Å². The summed E-state index contributed by atoms with van der Waals surface area (Å²) in [6.07, 6.45) is 3.41. The molecule has 1 fully saturated rings. The van der Waals surface area contributed by atoms with Crippen molar-refractivity contribution in [3.63, 3.8) is 0 Å². The number of amides is 1. The summed E-state index contributed by atoms with van der Waals surface area (Å²) >= 11 is 0. The molecule has 2 aromatic rings. The van der Waals surface area contributed by atoms with Gasteiger partial charge >= 0.3 is 0 Å². The van der Waals surface area contributed by atoms with Crippen LogP contribution in [0.2, 0.25) is 0 Å². The zero-order chi connectivity index (χ0) is 16.9. The highest BCUT2D eigenvalue weighted by Crippen LogP contribution is 2.29. The molecule has 1 saturated carbocycles. The number of ether oxygens (including phenoxy) is 1. The number of hydrogen-bond acceptors (Lipinski definition) is 3. The topological polar surface area (TPSA) is 55.6 Å². The number of methoxy groups -OCH3 is 1. The highest BCUT2D eigenvalue weighted by molar-refractivity contribution is 5.85. The molecule has 0 aromatic heterocycles. The Balaban J connectivity index is 0.00000225. The molecule has 0 aliphatic heterocycles. The van der Waals surface area contributed by atoms with Crippen LogP contribution in [0.15, 0.2) is 48.5 Å². The van der Waals surface area contributed by atoms with E-state index in [1.165, 1.54) is 0 Å². The molecule has 5 heteroatoms. The second kappa shape index (κ2) is 8.77. The molecule has 0 radical (unpaired) electrons. The average molecular weight is 361 g/mol. The Kier molecular flexibility index (Phi) is 6.71. The van der Waals surface area contributed by atoms with Gasteiger partial charge in [0, 0.05) is 24.7 Å². The van der Waals surface area contributed by atoms with Crippen LogP contribution in [0.4, 0.5) is 5.69 Å².